The van der Waals surface area contributed by atoms with Gasteiger partial charge in [0.2, 0.25) is 0 Å². The van der Waals surface area contributed by atoms with Crippen molar-refractivity contribution >= 4 is 39.7 Å². The summed E-state index contributed by atoms with van der Waals surface area (Å²) in [5, 5.41) is 7.52. The van der Waals surface area contributed by atoms with Gasteiger partial charge in [-0.15, -0.1) is 0 Å². The first-order chi connectivity index (χ1) is 13.2. The molecule has 0 amide bonds. The van der Waals surface area contributed by atoms with Crippen LogP contribution in [0.1, 0.15) is 0 Å². The SMILES string of the molecule is CN=c1ccc2c(-c3ccccc3N=C=S)c3ccc(NC)cc3oc-2c1. The molecular formula is C22H17N3OS. The van der Waals surface area contributed by atoms with Crippen molar-refractivity contribution in [1.82, 2.24) is 0 Å². The largest absolute Gasteiger partial charge is 0.456 e. The van der Waals surface area contributed by atoms with Crippen LogP contribution in [0.15, 0.2) is 75.1 Å². The van der Waals surface area contributed by atoms with Crippen molar-refractivity contribution in [2.45, 2.75) is 0 Å². The number of hydrogen-bond acceptors (Lipinski definition) is 5. The number of isothiocyanates is 1. The Balaban J connectivity index is 2.19. The van der Waals surface area contributed by atoms with E-state index in [1.807, 2.05) is 61.6 Å². The minimum Gasteiger partial charge on any atom is -0.456 e. The molecule has 4 rings (SSSR count). The molecule has 132 valence electrons. The van der Waals surface area contributed by atoms with Crippen molar-refractivity contribution in [2.75, 3.05) is 19.4 Å². The van der Waals surface area contributed by atoms with E-state index >= 15 is 0 Å². The number of aliphatic imine (C=N–C) groups is 1. The molecular weight excluding hydrogens is 354 g/mol. The van der Waals surface area contributed by atoms with Crippen LogP contribution in [0.25, 0.3) is 33.4 Å². The topological polar surface area (TPSA) is 49.9 Å². The summed E-state index contributed by atoms with van der Waals surface area (Å²) < 4.78 is 6.23. The van der Waals surface area contributed by atoms with E-state index in [2.05, 4.69) is 26.5 Å². The quantitative estimate of drug-likeness (QED) is 0.293. The zero-order valence-electron chi connectivity index (χ0n) is 15.0. The van der Waals surface area contributed by atoms with Crippen LogP contribution < -0.4 is 10.7 Å². The van der Waals surface area contributed by atoms with Crippen molar-refractivity contribution in [3.8, 4) is 22.5 Å². The molecule has 2 aliphatic rings. The van der Waals surface area contributed by atoms with Crippen LogP contribution >= 0.6 is 12.2 Å². The van der Waals surface area contributed by atoms with Crippen molar-refractivity contribution in [3.05, 3.63) is 66.0 Å². The van der Waals surface area contributed by atoms with Crippen LogP contribution in [0.4, 0.5) is 11.4 Å². The van der Waals surface area contributed by atoms with Gasteiger partial charge in [0.1, 0.15) is 11.3 Å². The van der Waals surface area contributed by atoms with Crippen LogP contribution in [-0.2, 0) is 0 Å². The van der Waals surface area contributed by atoms with E-state index in [0.29, 0.717) is 0 Å². The second kappa shape index (κ2) is 7.16. The van der Waals surface area contributed by atoms with Gasteiger partial charge in [-0.05, 0) is 42.5 Å². The number of anilines is 1. The third-order valence-corrected chi connectivity index (χ3v) is 4.68. The summed E-state index contributed by atoms with van der Waals surface area (Å²) >= 11 is 4.85. The Morgan fingerprint density at radius 1 is 1.00 bits per heavy atom. The monoisotopic (exact) mass is 371 g/mol. The Bertz CT molecular complexity index is 1240. The second-order valence-electron chi connectivity index (χ2n) is 6.06. The molecule has 0 atom stereocenters. The second-order valence-corrected chi connectivity index (χ2v) is 6.24. The molecule has 0 spiro atoms. The molecule has 1 aliphatic heterocycles. The van der Waals surface area contributed by atoms with Crippen molar-refractivity contribution in [2.24, 2.45) is 9.98 Å². The Kier molecular flexibility index (Phi) is 4.55. The maximum absolute atomic E-state index is 6.23. The summed E-state index contributed by atoms with van der Waals surface area (Å²) in [6, 6.07) is 20.0. The highest BCUT2D eigenvalue weighted by molar-refractivity contribution is 7.78. The molecule has 0 saturated carbocycles. The molecule has 0 fully saturated rings. The van der Waals surface area contributed by atoms with Gasteiger partial charge in [0, 0.05) is 54.0 Å². The smallest absolute Gasteiger partial charge is 0.137 e. The number of nitrogens with zero attached hydrogens (tertiary/aromatic N) is 2. The van der Waals surface area contributed by atoms with Gasteiger partial charge in [-0.2, -0.15) is 4.99 Å². The first-order valence-electron chi connectivity index (χ1n) is 8.53. The summed E-state index contributed by atoms with van der Waals surface area (Å²) in [4.78, 5) is 8.54. The highest BCUT2D eigenvalue weighted by atomic mass is 32.1. The van der Waals surface area contributed by atoms with E-state index in [1.54, 1.807) is 7.05 Å². The Hall–Kier alpha value is -3.27. The van der Waals surface area contributed by atoms with E-state index in [9.17, 15) is 0 Å². The van der Waals surface area contributed by atoms with Gasteiger partial charge in [0.05, 0.1) is 16.2 Å². The molecule has 0 radical (unpaired) electrons. The molecule has 2 aromatic carbocycles. The first kappa shape index (κ1) is 17.2. The number of thiocarbonyl (C=S) groups is 1. The molecule has 4 nitrogen and oxygen atoms in total. The minimum absolute atomic E-state index is 0.773. The van der Waals surface area contributed by atoms with Gasteiger partial charge in [-0.25, -0.2) is 0 Å². The van der Waals surface area contributed by atoms with Crippen LogP contribution in [0.3, 0.4) is 0 Å². The summed E-state index contributed by atoms with van der Waals surface area (Å²) in [5.74, 6) is 0.773. The van der Waals surface area contributed by atoms with Crippen LogP contribution in [0.2, 0.25) is 0 Å². The zero-order chi connectivity index (χ0) is 18.8. The number of para-hydroxylation sites is 1. The van der Waals surface area contributed by atoms with Gasteiger partial charge < -0.3 is 9.73 Å². The summed E-state index contributed by atoms with van der Waals surface area (Å²) in [6.45, 7) is 0. The van der Waals surface area contributed by atoms with Crippen LogP contribution in [0, 0.1) is 0 Å². The predicted octanol–water partition coefficient (Wildman–Crippen LogP) is 5.51. The van der Waals surface area contributed by atoms with E-state index < -0.39 is 0 Å². The molecule has 5 heteroatoms. The lowest BCUT2D eigenvalue weighted by Crippen LogP contribution is -2.02. The van der Waals surface area contributed by atoms with Crippen LogP contribution in [0.5, 0.6) is 0 Å². The number of nitrogens with one attached hydrogen (secondary N) is 1. The Labute approximate surface area is 162 Å². The first-order valence-corrected chi connectivity index (χ1v) is 8.94. The van der Waals surface area contributed by atoms with Crippen molar-refractivity contribution in [1.29, 1.82) is 0 Å². The molecule has 1 heterocycles. The van der Waals surface area contributed by atoms with Gasteiger partial charge in [0.25, 0.3) is 0 Å². The number of rotatable bonds is 3. The maximum Gasteiger partial charge on any atom is 0.137 e. The van der Waals surface area contributed by atoms with Gasteiger partial charge >= 0.3 is 0 Å². The standard InChI is InChI=1S/C22H17N3OS/c1-23-14-7-9-17-20(11-14)26-21-12-15(24-2)8-10-18(21)22(17)16-5-3-4-6-19(16)25-13-27/h3-12,23H,1-2H3. The van der Waals surface area contributed by atoms with Gasteiger partial charge in [-0.1, -0.05) is 18.2 Å². The van der Waals surface area contributed by atoms with E-state index in [0.717, 1.165) is 50.2 Å². The maximum atomic E-state index is 6.23. The van der Waals surface area contributed by atoms with Crippen molar-refractivity contribution in [3.63, 3.8) is 0 Å². The fraction of sp³-hybridized carbons (Fsp3) is 0.0909. The number of fused-ring (bicyclic) bond motifs is 2. The molecule has 27 heavy (non-hydrogen) atoms. The molecule has 0 bridgehead atoms. The lowest BCUT2D eigenvalue weighted by Gasteiger charge is -2.17. The highest BCUT2D eigenvalue weighted by Gasteiger charge is 2.19. The predicted molar refractivity (Wildman–Crippen MR) is 114 cm³/mol. The van der Waals surface area contributed by atoms with E-state index in [4.69, 9.17) is 16.6 Å². The molecule has 0 unspecified atom stereocenters. The summed E-state index contributed by atoms with van der Waals surface area (Å²) in [6.07, 6.45) is 0. The van der Waals surface area contributed by atoms with Gasteiger partial charge in [0.15, 0.2) is 0 Å². The van der Waals surface area contributed by atoms with E-state index in [1.165, 1.54) is 0 Å². The Morgan fingerprint density at radius 3 is 2.63 bits per heavy atom. The third-order valence-electron chi connectivity index (χ3n) is 4.59. The molecule has 0 aromatic heterocycles. The molecule has 2 aromatic rings. The summed E-state index contributed by atoms with van der Waals surface area (Å²) in [5.41, 5.74) is 5.60. The number of hydrogen-bond donors (Lipinski definition) is 1. The van der Waals surface area contributed by atoms with Crippen molar-refractivity contribution < 1.29 is 4.42 Å². The van der Waals surface area contributed by atoms with Crippen LogP contribution in [-0.4, -0.2) is 19.3 Å². The zero-order valence-corrected chi connectivity index (χ0v) is 15.8. The highest BCUT2D eigenvalue weighted by Crippen LogP contribution is 2.43. The van der Waals surface area contributed by atoms with E-state index in [-0.39, 0.29) is 0 Å². The molecule has 0 saturated heterocycles. The normalized spacial score (nSPS) is 11.6. The summed E-state index contributed by atoms with van der Waals surface area (Å²) in [7, 11) is 3.66. The third kappa shape index (κ3) is 3.04. The fourth-order valence-electron chi connectivity index (χ4n) is 3.30. The van der Waals surface area contributed by atoms with Gasteiger partial charge in [-0.3, -0.25) is 4.99 Å². The Morgan fingerprint density at radius 2 is 1.85 bits per heavy atom. The molecule has 1 N–H and O–H groups in total. The average Bonchev–Trinajstić information content (AvgIpc) is 2.72. The fourth-order valence-corrected chi connectivity index (χ4v) is 3.39. The lowest BCUT2D eigenvalue weighted by atomic mass is 9.92. The molecule has 1 aliphatic carbocycles. The number of benzene rings is 3. The average molecular weight is 371 g/mol. The lowest BCUT2D eigenvalue weighted by molar-refractivity contribution is 0.619. The minimum atomic E-state index is 0.773.